The van der Waals surface area contributed by atoms with Crippen LogP contribution < -0.4 is 5.32 Å². The van der Waals surface area contributed by atoms with Gasteiger partial charge in [-0.3, -0.25) is 4.68 Å². The van der Waals surface area contributed by atoms with E-state index in [2.05, 4.69) is 48.7 Å². The van der Waals surface area contributed by atoms with Crippen LogP contribution in [0.4, 0.5) is 0 Å². The quantitative estimate of drug-likeness (QED) is 0.787. The Morgan fingerprint density at radius 2 is 2.05 bits per heavy atom. The summed E-state index contributed by atoms with van der Waals surface area (Å²) in [6.45, 7) is 7.52. The van der Waals surface area contributed by atoms with Crippen molar-refractivity contribution in [1.29, 1.82) is 0 Å². The van der Waals surface area contributed by atoms with Crippen molar-refractivity contribution in [3.8, 4) is 0 Å². The molecule has 108 valence electrons. The maximum atomic E-state index is 5.00. The highest BCUT2D eigenvalue weighted by Crippen LogP contribution is 2.11. The van der Waals surface area contributed by atoms with Crippen LogP contribution in [0.25, 0.3) is 0 Å². The lowest BCUT2D eigenvalue weighted by atomic mass is 10.1. The Bertz CT molecular complexity index is 548. The molecule has 20 heavy (non-hydrogen) atoms. The van der Waals surface area contributed by atoms with Crippen LogP contribution in [0.15, 0.2) is 30.6 Å². The van der Waals surface area contributed by atoms with Crippen LogP contribution in [0.2, 0.25) is 0 Å². The Morgan fingerprint density at radius 3 is 2.80 bits per heavy atom. The number of ether oxygens (including phenoxy) is 1. The smallest absolute Gasteiger partial charge is 0.0659 e. The first-order valence-corrected chi connectivity index (χ1v) is 6.96. The molecule has 0 radical (unpaired) electrons. The number of methoxy groups -OCH3 is 1. The Morgan fingerprint density at radius 1 is 1.20 bits per heavy atom. The van der Waals surface area contributed by atoms with Gasteiger partial charge in [0.25, 0.3) is 0 Å². The highest BCUT2D eigenvalue weighted by atomic mass is 16.5. The van der Waals surface area contributed by atoms with E-state index in [4.69, 9.17) is 4.74 Å². The van der Waals surface area contributed by atoms with Gasteiger partial charge in [0.15, 0.2) is 0 Å². The van der Waals surface area contributed by atoms with E-state index in [0.29, 0.717) is 0 Å². The first-order valence-electron chi connectivity index (χ1n) is 6.96. The number of nitrogens with zero attached hydrogens (tertiary/aromatic N) is 2. The fourth-order valence-electron chi connectivity index (χ4n) is 2.08. The average molecular weight is 273 g/mol. The molecule has 1 aromatic heterocycles. The second-order valence-electron chi connectivity index (χ2n) is 5.13. The van der Waals surface area contributed by atoms with Gasteiger partial charge in [0.2, 0.25) is 0 Å². The SMILES string of the molecule is COCCNCc1cnn(Cc2ccc(C)c(C)c2)c1. The molecule has 0 saturated carbocycles. The van der Waals surface area contributed by atoms with E-state index in [9.17, 15) is 0 Å². The van der Waals surface area contributed by atoms with E-state index in [1.807, 2.05) is 10.9 Å². The molecule has 0 aliphatic carbocycles. The van der Waals surface area contributed by atoms with Crippen LogP contribution in [0.5, 0.6) is 0 Å². The predicted molar refractivity (Wildman–Crippen MR) is 80.8 cm³/mol. The van der Waals surface area contributed by atoms with Gasteiger partial charge in [-0.2, -0.15) is 5.10 Å². The van der Waals surface area contributed by atoms with Crippen molar-refractivity contribution in [1.82, 2.24) is 15.1 Å². The minimum absolute atomic E-state index is 0.733. The average Bonchev–Trinajstić information content (AvgIpc) is 2.87. The van der Waals surface area contributed by atoms with Crippen molar-refractivity contribution in [3.05, 3.63) is 52.8 Å². The molecular weight excluding hydrogens is 250 g/mol. The summed E-state index contributed by atoms with van der Waals surface area (Å²) in [7, 11) is 1.71. The van der Waals surface area contributed by atoms with Crippen LogP contribution in [0, 0.1) is 13.8 Å². The molecule has 0 bridgehead atoms. The minimum atomic E-state index is 0.733. The monoisotopic (exact) mass is 273 g/mol. The molecule has 0 amide bonds. The Labute approximate surface area is 120 Å². The van der Waals surface area contributed by atoms with Crippen molar-refractivity contribution < 1.29 is 4.74 Å². The highest BCUT2D eigenvalue weighted by molar-refractivity contribution is 5.30. The summed E-state index contributed by atoms with van der Waals surface area (Å²) in [4.78, 5) is 0. The molecule has 4 heteroatoms. The summed E-state index contributed by atoms with van der Waals surface area (Å²) in [6, 6.07) is 6.56. The summed E-state index contributed by atoms with van der Waals surface area (Å²) in [6.07, 6.45) is 4.01. The normalized spacial score (nSPS) is 10.9. The van der Waals surface area contributed by atoms with E-state index < -0.39 is 0 Å². The van der Waals surface area contributed by atoms with Gasteiger partial charge in [-0.25, -0.2) is 0 Å². The Kier molecular flexibility index (Phi) is 5.32. The molecule has 0 unspecified atom stereocenters. The summed E-state index contributed by atoms with van der Waals surface area (Å²) in [5.74, 6) is 0. The molecule has 1 N–H and O–H groups in total. The summed E-state index contributed by atoms with van der Waals surface area (Å²) in [5.41, 5.74) is 5.15. The van der Waals surface area contributed by atoms with Crippen LogP contribution in [-0.4, -0.2) is 30.0 Å². The van der Waals surface area contributed by atoms with Crippen LogP contribution in [-0.2, 0) is 17.8 Å². The first-order chi connectivity index (χ1) is 9.69. The van der Waals surface area contributed by atoms with Crippen molar-refractivity contribution in [3.63, 3.8) is 0 Å². The van der Waals surface area contributed by atoms with Crippen LogP contribution in [0.3, 0.4) is 0 Å². The lowest BCUT2D eigenvalue weighted by molar-refractivity contribution is 0.199. The molecule has 0 fully saturated rings. The van der Waals surface area contributed by atoms with E-state index in [1.165, 1.54) is 22.3 Å². The third-order valence-corrected chi connectivity index (χ3v) is 3.41. The van der Waals surface area contributed by atoms with Gasteiger partial charge in [-0.15, -0.1) is 0 Å². The van der Waals surface area contributed by atoms with Gasteiger partial charge in [0.05, 0.1) is 19.3 Å². The second-order valence-corrected chi connectivity index (χ2v) is 5.13. The van der Waals surface area contributed by atoms with Crippen molar-refractivity contribution in [2.24, 2.45) is 0 Å². The molecule has 2 rings (SSSR count). The number of nitrogens with one attached hydrogen (secondary N) is 1. The van der Waals surface area contributed by atoms with E-state index in [0.717, 1.165) is 26.2 Å². The molecule has 0 aliphatic rings. The zero-order valence-electron chi connectivity index (χ0n) is 12.5. The molecule has 1 heterocycles. The van der Waals surface area contributed by atoms with Gasteiger partial charge >= 0.3 is 0 Å². The van der Waals surface area contributed by atoms with Crippen molar-refractivity contribution >= 4 is 0 Å². The molecule has 1 aromatic carbocycles. The lowest BCUT2D eigenvalue weighted by Crippen LogP contribution is -2.18. The van der Waals surface area contributed by atoms with Gasteiger partial charge in [-0.1, -0.05) is 18.2 Å². The fourth-order valence-corrected chi connectivity index (χ4v) is 2.08. The van der Waals surface area contributed by atoms with Crippen molar-refractivity contribution in [2.75, 3.05) is 20.3 Å². The number of benzene rings is 1. The van der Waals surface area contributed by atoms with Crippen LogP contribution in [0.1, 0.15) is 22.3 Å². The molecule has 4 nitrogen and oxygen atoms in total. The molecule has 0 atom stereocenters. The number of hydrogen-bond acceptors (Lipinski definition) is 3. The second kappa shape index (κ2) is 7.22. The van der Waals surface area contributed by atoms with Crippen LogP contribution >= 0.6 is 0 Å². The maximum absolute atomic E-state index is 5.00. The predicted octanol–water partition coefficient (Wildman–Crippen LogP) is 2.28. The number of aromatic nitrogens is 2. The van der Waals surface area contributed by atoms with E-state index >= 15 is 0 Å². The highest BCUT2D eigenvalue weighted by Gasteiger charge is 2.01. The first kappa shape index (κ1) is 14.8. The number of rotatable bonds is 7. The van der Waals surface area contributed by atoms with Gasteiger partial charge in [-0.05, 0) is 30.5 Å². The molecule has 0 aliphatic heterocycles. The zero-order chi connectivity index (χ0) is 14.4. The van der Waals surface area contributed by atoms with Gasteiger partial charge in [0.1, 0.15) is 0 Å². The van der Waals surface area contributed by atoms with Crippen molar-refractivity contribution in [2.45, 2.75) is 26.9 Å². The molecule has 0 spiro atoms. The topological polar surface area (TPSA) is 39.1 Å². The Hall–Kier alpha value is -1.65. The lowest BCUT2D eigenvalue weighted by Gasteiger charge is -2.05. The minimum Gasteiger partial charge on any atom is -0.383 e. The third kappa shape index (κ3) is 4.18. The maximum Gasteiger partial charge on any atom is 0.0659 e. The van der Waals surface area contributed by atoms with E-state index in [-0.39, 0.29) is 0 Å². The molecule has 2 aromatic rings. The summed E-state index contributed by atoms with van der Waals surface area (Å²) >= 11 is 0. The molecular formula is C16H23N3O. The van der Waals surface area contributed by atoms with Gasteiger partial charge in [0, 0.05) is 32.0 Å². The fraction of sp³-hybridized carbons (Fsp3) is 0.438. The summed E-state index contributed by atoms with van der Waals surface area (Å²) in [5, 5.41) is 7.73. The largest absolute Gasteiger partial charge is 0.383 e. The summed E-state index contributed by atoms with van der Waals surface area (Å²) < 4.78 is 6.99. The Balaban J connectivity index is 1.90. The molecule has 0 saturated heterocycles. The van der Waals surface area contributed by atoms with E-state index in [1.54, 1.807) is 7.11 Å². The van der Waals surface area contributed by atoms with Gasteiger partial charge < -0.3 is 10.1 Å². The standard InChI is InChI=1S/C16H23N3O/c1-13-4-5-15(8-14(13)2)11-19-12-16(10-18-19)9-17-6-7-20-3/h4-5,8,10,12,17H,6-7,9,11H2,1-3H3. The number of hydrogen-bond donors (Lipinski definition) is 1. The number of aryl methyl sites for hydroxylation is 2. The zero-order valence-corrected chi connectivity index (χ0v) is 12.5. The third-order valence-electron chi connectivity index (χ3n) is 3.41.